The molecule has 0 spiro atoms. The Hall–Kier alpha value is -1.69. The van der Waals surface area contributed by atoms with Gasteiger partial charge in [-0.15, -0.1) is 0 Å². The third-order valence-corrected chi connectivity index (χ3v) is 2.59. The molecule has 0 aliphatic heterocycles. The van der Waals surface area contributed by atoms with Crippen LogP contribution in [0.3, 0.4) is 0 Å². The summed E-state index contributed by atoms with van der Waals surface area (Å²) in [5, 5.41) is 12.2. The van der Waals surface area contributed by atoms with E-state index < -0.39 is 0 Å². The minimum absolute atomic E-state index is 0.0184. The number of nitriles is 1. The minimum Gasteiger partial charge on any atom is -0.495 e. The summed E-state index contributed by atoms with van der Waals surface area (Å²) in [6.45, 7) is 4.75. The van der Waals surface area contributed by atoms with E-state index >= 15 is 0 Å². The topological polar surface area (TPSA) is 45.0 Å². The Balaban J connectivity index is 2.64. The van der Waals surface area contributed by atoms with Crippen LogP contribution in [0.5, 0.6) is 5.75 Å². The quantitative estimate of drug-likeness (QED) is 0.826. The summed E-state index contributed by atoms with van der Waals surface area (Å²) in [5.41, 5.74) is 0.936. The lowest BCUT2D eigenvalue weighted by Gasteiger charge is -2.16. The molecule has 0 saturated heterocycles. The van der Waals surface area contributed by atoms with Gasteiger partial charge in [-0.3, -0.25) is 0 Å². The highest BCUT2D eigenvalue weighted by Crippen LogP contribution is 2.23. The number of rotatable bonds is 5. The monoisotopic (exact) mass is 218 g/mol. The fourth-order valence-corrected chi connectivity index (χ4v) is 1.44. The lowest BCUT2D eigenvalue weighted by molar-refractivity contribution is 0.415. The predicted octanol–water partition coefficient (Wildman–Crippen LogP) is 2.90. The molecule has 0 saturated carbocycles. The Morgan fingerprint density at radius 1 is 1.38 bits per heavy atom. The maximum Gasteiger partial charge on any atom is 0.141 e. The molecule has 0 aromatic heterocycles. The Bertz CT molecular complexity index is 368. The molecule has 0 bridgehead atoms. The fourth-order valence-electron chi connectivity index (χ4n) is 1.44. The molecule has 0 aliphatic rings. The van der Waals surface area contributed by atoms with Crippen molar-refractivity contribution in [3.63, 3.8) is 0 Å². The van der Waals surface area contributed by atoms with Gasteiger partial charge < -0.3 is 10.1 Å². The van der Waals surface area contributed by atoms with Crippen LogP contribution in [0.2, 0.25) is 0 Å². The van der Waals surface area contributed by atoms with Gasteiger partial charge in [-0.2, -0.15) is 5.26 Å². The summed E-state index contributed by atoms with van der Waals surface area (Å²) in [7, 11) is 1.64. The maximum absolute atomic E-state index is 8.98. The third-order valence-electron chi connectivity index (χ3n) is 2.59. The van der Waals surface area contributed by atoms with Crippen molar-refractivity contribution in [1.82, 2.24) is 0 Å². The zero-order chi connectivity index (χ0) is 12.0. The molecule has 1 unspecified atom stereocenters. The van der Waals surface area contributed by atoms with Crippen LogP contribution in [-0.4, -0.2) is 13.7 Å². The SMILES string of the molecule is COc1ccccc1NCC(C#N)C(C)C. The summed E-state index contributed by atoms with van der Waals surface area (Å²) in [4.78, 5) is 0. The van der Waals surface area contributed by atoms with Gasteiger partial charge in [0.15, 0.2) is 0 Å². The van der Waals surface area contributed by atoms with Crippen LogP contribution in [0.4, 0.5) is 5.69 Å². The Kier molecular flexibility index (Phi) is 4.65. The largest absolute Gasteiger partial charge is 0.495 e. The van der Waals surface area contributed by atoms with Gasteiger partial charge in [0.1, 0.15) is 5.75 Å². The van der Waals surface area contributed by atoms with Crippen LogP contribution in [-0.2, 0) is 0 Å². The Labute approximate surface area is 97.0 Å². The van der Waals surface area contributed by atoms with Gasteiger partial charge in [-0.25, -0.2) is 0 Å². The zero-order valence-electron chi connectivity index (χ0n) is 10.0. The van der Waals surface area contributed by atoms with Crippen molar-refractivity contribution >= 4 is 5.69 Å². The molecule has 86 valence electrons. The number of ether oxygens (including phenoxy) is 1. The average molecular weight is 218 g/mol. The van der Waals surface area contributed by atoms with Crippen molar-refractivity contribution in [3.8, 4) is 11.8 Å². The highest BCUT2D eigenvalue weighted by Gasteiger charge is 2.12. The third kappa shape index (κ3) is 3.16. The van der Waals surface area contributed by atoms with Crippen LogP contribution in [0, 0.1) is 23.2 Å². The molecule has 0 heterocycles. The highest BCUT2D eigenvalue weighted by atomic mass is 16.5. The molecular weight excluding hydrogens is 200 g/mol. The molecule has 0 aliphatic carbocycles. The second kappa shape index (κ2) is 6.02. The van der Waals surface area contributed by atoms with Gasteiger partial charge >= 0.3 is 0 Å². The summed E-state index contributed by atoms with van der Waals surface area (Å²) in [6.07, 6.45) is 0. The highest BCUT2D eigenvalue weighted by molar-refractivity contribution is 5.56. The molecule has 0 radical (unpaired) electrons. The summed E-state index contributed by atoms with van der Waals surface area (Å²) in [5.74, 6) is 1.18. The lowest BCUT2D eigenvalue weighted by Crippen LogP contribution is -2.18. The maximum atomic E-state index is 8.98. The van der Waals surface area contributed by atoms with Crippen molar-refractivity contribution in [1.29, 1.82) is 5.26 Å². The van der Waals surface area contributed by atoms with E-state index in [-0.39, 0.29) is 5.92 Å². The van der Waals surface area contributed by atoms with E-state index in [1.807, 2.05) is 24.3 Å². The van der Waals surface area contributed by atoms with Gasteiger partial charge in [0.2, 0.25) is 0 Å². The lowest BCUT2D eigenvalue weighted by atomic mass is 9.97. The smallest absolute Gasteiger partial charge is 0.141 e. The first-order valence-electron chi connectivity index (χ1n) is 5.45. The number of nitrogens with zero attached hydrogens (tertiary/aromatic N) is 1. The van der Waals surface area contributed by atoms with Crippen LogP contribution in [0.25, 0.3) is 0 Å². The van der Waals surface area contributed by atoms with E-state index in [0.717, 1.165) is 11.4 Å². The molecule has 3 nitrogen and oxygen atoms in total. The number of methoxy groups -OCH3 is 1. The van der Waals surface area contributed by atoms with Crippen LogP contribution < -0.4 is 10.1 Å². The Morgan fingerprint density at radius 3 is 2.62 bits per heavy atom. The van der Waals surface area contributed by atoms with E-state index in [1.165, 1.54) is 0 Å². The van der Waals surface area contributed by atoms with Crippen LogP contribution in [0.1, 0.15) is 13.8 Å². The molecule has 16 heavy (non-hydrogen) atoms. The second-order valence-corrected chi connectivity index (χ2v) is 4.06. The fraction of sp³-hybridized carbons (Fsp3) is 0.462. The molecule has 0 fully saturated rings. The summed E-state index contributed by atoms with van der Waals surface area (Å²) >= 11 is 0. The molecular formula is C13H18N2O. The van der Waals surface area contributed by atoms with Gasteiger partial charge in [0.05, 0.1) is 24.8 Å². The number of hydrogen-bond donors (Lipinski definition) is 1. The molecule has 1 rings (SSSR count). The first-order chi connectivity index (χ1) is 7.69. The van der Waals surface area contributed by atoms with Crippen LogP contribution >= 0.6 is 0 Å². The van der Waals surface area contributed by atoms with Gasteiger partial charge in [-0.1, -0.05) is 26.0 Å². The molecule has 1 aromatic rings. The zero-order valence-corrected chi connectivity index (χ0v) is 10.0. The van der Waals surface area contributed by atoms with Crippen molar-refractivity contribution < 1.29 is 4.74 Å². The van der Waals surface area contributed by atoms with Crippen molar-refractivity contribution in [2.75, 3.05) is 19.0 Å². The molecule has 1 N–H and O–H groups in total. The van der Waals surface area contributed by atoms with Crippen molar-refractivity contribution in [3.05, 3.63) is 24.3 Å². The van der Waals surface area contributed by atoms with Gasteiger partial charge in [0.25, 0.3) is 0 Å². The Morgan fingerprint density at radius 2 is 2.06 bits per heavy atom. The molecule has 3 heteroatoms. The average Bonchev–Trinajstić information content (AvgIpc) is 2.30. The number of benzene rings is 1. The molecule has 1 atom stereocenters. The first-order valence-corrected chi connectivity index (χ1v) is 5.45. The number of para-hydroxylation sites is 2. The van der Waals surface area contributed by atoms with E-state index in [0.29, 0.717) is 12.5 Å². The molecule has 0 amide bonds. The van der Waals surface area contributed by atoms with E-state index in [1.54, 1.807) is 7.11 Å². The molecule has 1 aromatic carbocycles. The van der Waals surface area contributed by atoms with Gasteiger partial charge in [-0.05, 0) is 18.1 Å². The summed E-state index contributed by atoms with van der Waals surface area (Å²) in [6, 6.07) is 10.0. The normalized spacial score (nSPS) is 11.9. The number of nitrogens with one attached hydrogen (secondary N) is 1. The van der Waals surface area contributed by atoms with E-state index in [4.69, 9.17) is 10.00 Å². The van der Waals surface area contributed by atoms with Crippen LogP contribution in [0.15, 0.2) is 24.3 Å². The standard InChI is InChI=1S/C13H18N2O/c1-10(2)11(8-14)9-15-12-6-4-5-7-13(12)16-3/h4-7,10-11,15H,9H2,1-3H3. The summed E-state index contributed by atoms with van der Waals surface area (Å²) < 4.78 is 5.23. The second-order valence-electron chi connectivity index (χ2n) is 4.06. The number of anilines is 1. The van der Waals surface area contributed by atoms with E-state index in [9.17, 15) is 0 Å². The van der Waals surface area contributed by atoms with E-state index in [2.05, 4.69) is 25.2 Å². The van der Waals surface area contributed by atoms with Crippen molar-refractivity contribution in [2.45, 2.75) is 13.8 Å². The predicted molar refractivity (Wildman–Crippen MR) is 65.4 cm³/mol. The number of hydrogen-bond acceptors (Lipinski definition) is 3. The van der Waals surface area contributed by atoms with Gasteiger partial charge in [0, 0.05) is 6.54 Å². The minimum atomic E-state index is 0.0184. The first kappa shape index (κ1) is 12.4. The van der Waals surface area contributed by atoms with Crippen molar-refractivity contribution in [2.24, 2.45) is 11.8 Å².